The predicted octanol–water partition coefficient (Wildman–Crippen LogP) is 4.59. The standard InChI is InChI=1S/C26H23N3O4S/c30-23(27-20-9-5-2-6-10-20)17-22-24(31)29(16-15-18-7-3-1-4-8-18)26(34-22)28-21-13-11-19(12-14-21)25(32)33/h1-14,22H,15-17H2,(H,27,30)(H,32,33). The van der Waals surface area contributed by atoms with E-state index >= 15 is 0 Å². The number of carbonyl (C=O) groups excluding carboxylic acids is 2. The lowest BCUT2D eigenvalue weighted by Crippen LogP contribution is -2.35. The molecular weight excluding hydrogens is 450 g/mol. The van der Waals surface area contributed by atoms with Gasteiger partial charge >= 0.3 is 5.97 Å². The predicted molar refractivity (Wildman–Crippen MR) is 133 cm³/mol. The Kier molecular flexibility index (Phi) is 7.39. The van der Waals surface area contributed by atoms with Gasteiger partial charge in [-0.2, -0.15) is 0 Å². The van der Waals surface area contributed by atoms with Crippen LogP contribution in [0, 0.1) is 0 Å². The molecule has 1 atom stereocenters. The SMILES string of the molecule is O=C(CC1SC(=Nc2ccc(C(=O)O)cc2)N(CCc2ccccc2)C1=O)Nc1ccccc1. The van der Waals surface area contributed by atoms with Gasteiger partial charge in [-0.15, -0.1) is 0 Å². The van der Waals surface area contributed by atoms with E-state index in [0.29, 0.717) is 29.5 Å². The number of anilines is 1. The minimum absolute atomic E-state index is 0.0250. The third kappa shape index (κ3) is 5.90. The molecule has 1 fully saturated rings. The summed E-state index contributed by atoms with van der Waals surface area (Å²) in [6.45, 7) is 0.429. The van der Waals surface area contributed by atoms with Crippen LogP contribution >= 0.6 is 11.8 Å². The highest BCUT2D eigenvalue weighted by Crippen LogP contribution is 2.32. The zero-order valence-corrected chi connectivity index (χ0v) is 19.1. The number of aliphatic imine (C=N–C) groups is 1. The first-order valence-electron chi connectivity index (χ1n) is 10.8. The molecule has 0 spiro atoms. The van der Waals surface area contributed by atoms with Crippen LogP contribution in [0.2, 0.25) is 0 Å². The molecular formula is C26H23N3O4S. The average molecular weight is 474 g/mol. The van der Waals surface area contributed by atoms with Crippen LogP contribution in [0.4, 0.5) is 11.4 Å². The van der Waals surface area contributed by atoms with Crippen molar-refractivity contribution < 1.29 is 19.5 Å². The number of aromatic carboxylic acids is 1. The van der Waals surface area contributed by atoms with Crippen molar-refractivity contribution in [1.29, 1.82) is 0 Å². The number of hydrogen-bond donors (Lipinski definition) is 2. The highest BCUT2D eigenvalue weighted by atomic mass is 32.2. The first-order valence-corrected chi connectivity index (χ1v) is 11.7. The first-order chi connectivity index (χ1) is 16.5. The number of amidine groups is 1. The van der Waals surface area contributed by atoms with Crippen molar-refractivity contribution in [2.45, 2.75) is 18.1 Å². The summed E-state index contributed by atoms with van der Waals surface area (Å²) in [4.78, 5) is 43.1. The normalized spacial score (nSPS) is 16.6. The summed E-state index contributed by atoms with van der Waals surface area (Å²) < 4.78 is 0. The highest BCUT2D eigenvalue weighted by molar-refractivity contribution is 8.15. The monoisotopic (exact) mass is 473 g/mol. The number of nitrogens with one attached hydrogen (secondary N) is 1. The molecule has 1 saturated heterocycles. The molecule has 7 nitrogen and oxygen atoms in total. The molecule has 34 heavy (non-hydrogen) atoms. The van der Waals surface area contributed by atoms with Gasteiger partial charge in [-0.25, -0.2) is 9.79 Å². The number of thioether (sulfide) groups is 1. The van der Waals surface area contributed by atoms with Gasteiger partial charge in [0.15, 0.2) is 5.17 Å². The van der Waals surface area contributed by atoms with Crippen LogP contribution in [0.3, 0.4) is 0 Å². The number of benzene rings is 3. The molecule has 1 aliphatic rings. The maximum absolute atomic E-state index is 13.2. The van der Waals surface area contributed by atoms with Gasteiger partial charge in [0.05, 0.1) is 11.3 Å². The summed E-state index contributed by atoms with van der Waals surface area (Å²) in [6.07, 6.45) is 0.671. The van der Waals surface area contributed by atoms with Crippen LogP contribution in [-0.4, -0.2) is 44.8 Å². The van der Waals surface area contributed by atoms with Gasteiger partial charge in [-0.1, -0.05) is 60.3 Å². The fourth-order valence-electron chi connectivity index (χ4n) is 3.51. The fraction of sp³-hybridized carbons (Fsp3) is 0.154. The van der Waals surface area contributed by atoms with Crippen molar-refractivity contribution in [3.8, 4) is 0 Å². The van der Waals surface area contributed by atoms with E-state index in [1.54, 1.807) is 29.2 Å². The number of carboxylic acid groups (broad SMARTS) is 1. The van der Waals surface area contributed by atoms with Crippen LogP contribution < -0.4 is 5.32 Å². The lowest BCUT2D eigenvalue weighted by atomic mass is 10.1. The Balaban J connectivity index is 1.52. The smallest absolute Gasteiger partial charge is 0.335 e. The number of amides is 2. The lowest BCUT2D eigenvalue weighted by Gasteiger charge is -2.16. The van der Waals surface area contributed by atoms with E-state index in [1.165, 1.54) is 23.9 Å². The molecule has 1 heterocycles. The van der Waals surface area contributed by atoms with Gasteiger partial charge in [0.25, 0.3) is 0 Å². The third-order valence-corrected chi connectivity index (χ3v) is 6.43. The lowest BCUT2D eigenvalue weighted by molar-refractivity contribution is -0.128. The number of carboxylic acids is 1. The van der Waals surface area contributed by atoms with Crippen molar-refractivity contribution in [3.05, 3.63) is 96.1 Å². The van der Waals surface area contributed by atoms with Gasteiger partial charge in [-0.05, 0) is 48.4 Å². The van der Waals surface area contributed by atoms with Crippen LogP contribution in [0.5, 0.6) is 0 Å². The largest absolute Gasteiger partial charge is 0.478 e. The highest BCUT2D eigenvalue weighted by Gasteiger charge is 2.39. The quantitative estimate of drug-likeness (QED) is 0.499. The molecule has 4 rings (SSSR count). The molecule has 0 radical (unpaired) electrons. The zero-order valence-electron chi connectivity index (χ0n) is 18.3. The van der Waals surface area contributed by atoms with Crippen molar-refractivity contribution >= 4 is 46.1 Å². The number of para-hydroxylation sites is 1. The summed E-state index contributed by atoms with van der Waals surface area (Å²) in [5.41, 5.74) is 2.47. The van der Waals surface area contributed by atoms with Crippen molar-refractivity contribution in [3.63, 3.8) is 0 Å². The van der Waals surface area contributed by atoms with Crippen LogP contribution in [0.1, 0.15) is 22.3 Å². The Labute approximate surface area is 201 Å². The van der Waals surface area contributed by atoms with Crippen LogP contribution in [0.15, 0.2) is 89.9 Å². The minimum Gasteiger partial charge on any atom is -0.478 e. The number of hydrogen-bond acceptors (Lipinski definition) is 5. The van der Waals surface area contributed by atoms with E-state index < -0.39 is 11.2 Å². The van der Waals surface area contributed by atoms with Crippen LogP contribution in [-0.2, 0) is 16.0 Å². The van der Waals surface area contributed by atoms with Crippen molar-refractivity contribution in [1.82, 2.24) is 4.90 Å². The molecule has 2 N–H and O–H groups in total. The van der Waals surface area contributed by atoms with E-state index in [2.05, 4.69) is 10.3 Å². The number of carbonyl (C=O) groups is 3. The number of rotatable bonds is 8. The Morgan fingerprint density at radius 2 is 1.59 bits per heavy atom. The van der Waals surface area contributed by atoms with Gasteiger partial charge in [-0.3, -0.25) is 14.5 Å². The topological polar surface area (TPSA) is 99.1 Å². The first kappa shape index (κ1) is 23.3. The second-order valence-corrected chi connectivity index (χ2v) is 8.87. The third-order valence-electron chi connectivity index (χ3n) is 5.25. The molecule has 2 amide bonds. The van der Waals surface area contributed by atoms with Gasteiger partial charge < -0.3 is 10.4 Å². The van der Waals surface area contributed by atoms with E-state index in [4.69, 9.17) is 5.11 Å². The average Bonchev–Trinajstić information content (AvgIpc) is 3.12. The van der Waals surface area contributed by atoms with Gasteiger partial charge in [0.2, 0.25) is 11.8 Å². The van der Waals surface area contributed by atoms with Gasteiger partial charge in [0.1, 0.15) is 5.25 Å². The molecule has 0 aromatic heterocycles. The summed E-state index contributed by atoms with van der Waals surface area (Å²) >= 11 is 1.26. The van der Waals surface area contributed by atoms with E-state index in [0.717, 1.165) is 5.56 Å². The summed E-state index contributed by atoms with van der Waals surface area (Å²) in [6, 6.07) is 25.1. The molecule has 1 unspecified atom stereocenters. The maximum atomic E-state index is 13.2. The maximum Gasteiger partial charge on any atom is 0.335 e. The van der Waals surface area contributed by atoms with Crippen molar-refractivity contribution in [2.75, 3.05) is 11.9 Å². The van der Waals surface area contributed by atoms with Crippen LogP contribution in [0.25, 0.3) is 0 Å². The molecule has 1 aliphatic heterocycles. The molecule has 0 aliphatic carbocycles. The molecule has 8 heteroatoms. The fourth-order valence-corrected chi connectivity index (χ4v) is 4.69. The second kappa shape index (κ2) is 10.8. The summed E-state index contributed by atoms with van der Waals surface area (Å²) in [7, 11) is 0. The Morgan fingerprint density at radius 3 is 2.24 bits per heavy atom. The minimum atomic E-state index is -1.02. The Bertz CT molecular complexity index is 1200. The molecule has 172 valence electrons. The van der Waals surface area contributed by atoms with E-state index in [9.17, 15) is 14.4 Å². The zero-order chi connectivity index (χ0) is 23.9. The molecule has 0 saturated carbocycles. The van der Waals surface area contributed by atoms with Gasteiger partial charge in [0, 0.05) is 18.7 Å². The molecule has 3 aromatic carbocycles. The second-order valence-electron chi connectivity index (χ2n) is 7.70. The number of nitrogens with zero attached hydrogens (tertiary/aromatic N) is 2. The molecule has 3 aromatic rings. The van der Waals surface area contributed by atoms with E-state index in [1.807, 2.05) is 48.5 Å². The molecule has 0 bridgehead atoms. The Hall–Kier alpha value is -3.91. The Morgan fingerprint density at radius 1 is 0.941 bits per heavy atom. The summed E-state index contributed by atoms with van der Waals surface area (Å²) in [5.74, 6) is -1.42. The van der Waals surface area contributed by atoms with Crippen molar-refractivity contribution in [2.24, 2.45) is 4.99 Å². The van der Waals surface area contributed by atoms with E-state index in [-0.39, 0.29) is 23.8 Å². The summed E-state index contributed by atoms with van der Waals surface area (Å²) in [5, 5.41) is 11.8.